The zero-order valence-electron chi connectivity index (χ0n) is 14.2. The lowest BCUT2D eigenvalue weighted by molar-refractivity contribution is -0.137. The highest BCUT2D eigenvalue weighted by Crippen LogP contribution is 2.31. The van der Waals surface area contributed by atoms with Gasteiger partial charge in [-0.25, -0.2) is 9.97 Å². The van der Waals surface area contributed by atoms with E-state index < -0.39 is 17.6 Å². The van der Waals surface area contributed by atoms with Gasteiger partial charge in [-0.2, -0.15) is 13.2 Å². The predicted octanol–water partition coefficient (Wildman–Crippen LogP) is 4.80. The number of halogens is 3. The Hall–Kier alpha value is -3.42. The first-order valence-corrected chi connectivity index (χ1v) is 7.97. The summed E-state index contributed by atoms with van der Waals surface area (Å²) >= 11 is 0. The summed E-state index contributed by atoms with van der Waals surface area (Å²) in [6, 6.07) is 13.3. The average Bonchev–Trinajstić information content (AvgIpc) is 2.63. The molecule has 2 N–H and O–H groups in total. The summed E-state index contributed by atoms with van der Waals surface area (Å²) in [6.45, 7) is 1.86. The fraction of sp³-hybridized carbons (Fsp3) is 0.105. The van der Waals surface area contributed by atoms with Crippen LogP contribution in [-0.4, -0.2) is 15.9 Å². The quantitative estimate of drug-likeness (QED) is 0.690. The van der Waals surface area contributed by atoms with Crippen molar-refractivity contribution in [2.24, 2.45) is 0 Å². The van der Waals surface area contributed by atoms with E-state index in [1.807, 2.05) is 19.1 Å². The zero-order chi connectivity index (χ0) is 19.4. The summed E-state index contributed by atoms with van der Waals surface area (Å²) in [7, 11) is 0. The van der Waals surface area contributed by atoms with E-state index in [4.69, 9.17) is 0 Å². The van der Waals surface area contributed by atoms with Crippen LogP contribution in [0.1, 0.15) is 21.6 Å². The summed E-state index contributed by atoms with van der Waals surface area (Å²) in [5.74, 6) is -0.425. The lowest BCUT2D eigenvalue weighted by Crippen LogP contribution is -2.15. The highest BCUT2D eigenvalue weighted by atomic mass is 19.4. The van der Waals surface area contributed by atoms with Crippen LogP contribution >= 0.6 is 0 Å². The number of hydrogen-bond acceptors (Lipinski definition) is 4. The number of hydrogen-bond donors (Lipinski definition) is 2. The van der Waals surface area contributed by atoms with Gasteiger partial charge in [0, 0.05) is 17.6 Å². The largest absolute Gasteiger partial charge is 0.416 e. The number of anilines is 3. The van der Waals surface area contributed by atoms with Crippen molar-refractivity contribution in [3.05, 3.63) is 77.6 Å². The number of alkyl halides is 3. The molecule has 3 rings (SSSR count). The molecule has 27 heavy (non-hydrogen) atoms. The minimum Gasteiger partial charge on any atom is -0.324 e. The molecule has 1 aromatic heterocycles. The highest BCUT2D eigenvalue weighted by Gasteiger charge is 2.30. The summed E-state index contributed by atoms with van der Waals surface area (Å²) in [5.41, 5.74) is 1.00. The number of benzene rings is 2. The first-order chi connectivity index (χ1) is 12.8. The van der Waals surface area contributed by atoms with E-state index in [0.29, 0.717) is 5.69 Å². The summed E-state index contributed by atoms with van der Waals surface area (Å²) in [5, 5.41) is 5.43. The molecule has 0 aliphatic rings. The topological polar surface area (TPSA) is 66.9 Å². The van der Waals surface area contributed by atoms with Gasteiger partial charge >= 0.3 is 6.18 Å². The van der Waals surface area contributed by atoms with Crippen molar-refractivity contribution >= 4 is 23.2 Å². The van der Waals surface area contributed by atoms with Gasteiger partial charge in [-0.05, 0) is 42.8 Å². The molecule has 0 unspecified atom stereocenters. The molecule has 0 saturated heterocycles. The molecule has 0 radical (unpaired) electrons. The summed E-state index contributed by atoms with van der Waals surface area (Å²) in [6.07, 6.45) is -3.09. The number of nitrogens with one attached hydrogen (secondary N) is 2. The highest BCUT2D eigenvalue weighted by molar-refractivity contribution is 6.03. The SMILES string of the molecule is Cc1ccccc1NC(=O)c1ccnc(Nc2cccc(C(F)(F)F)c2)n1. The lowest BCUT2D eigenvalue weighted by Gasteiger charge is -2.11. The van der Waals surface area contributed by atoms with Gasteiger partial charge in [-0.15, -0.1) is 0 Å². The number of rotatable bonds is 4. The fourth-order valence-corrected chi connectivity index (χ4v) is 2.35. The number of amides is 1. The third kappa shape index (κ3) is 4.60. The van der Waals surface area contributed by atoms with E-state index in [1.54, 1.807) is 12.1 Å². The maximum atomic E-state index is 12.8. The molecule has 0 fully saturated rings. The van der Waals surface area contributed by atoms with E-state index in [2.05, 4.69) is 20.6 Å². The van der Waals surface area contributed by atoms with Crippen LogP contribution < -0.4 is 10.6 Å². The van der Waals surface area contributed by atoms with E-state index in [0.717, 1.165) is 17.7 Å². The minimum atomic E-state index is -4.45. The van der Waals surface area contributed by atoms with Crippen molar-refractivity contribution in [1.29, 1.82) is 0 Å². The van der Waals surface area contributed by atoms with Gasteiger partial charge in [0.05, 0.1) is 5.56 Å². The zero-order valence-corrected chi connectivity index (χ0v) is 14.2. The standard InChI is InChI=1S/C19H15F3N4O/c1-12-5-2-3-8-15(12)25-17(27)16-9-10-23-18(26-16)24-14-7-4-6-13(11-14)19(20,21)22/h2-11H,1H3,(H,25,27)(H,23,24,26). The van der Waals surface area contributed by atoms with Gasteiger partial charge in [0.2, 0.25) is 5.95 Å². The molecule has 0 bridgehead atoms. The maximum Gasteiger partial charge on any atom is 0.416 e. The van der Waals surface area contributed by atoms with Gasteiger partial charge in [0.15, 0.2) is 0 Å². The predicted molar refractivity (Wildman–Crippen MR) is 95.9 cm³/mol. The van der Waals surface area contributed by atoms with Crippen LogP contribution in [0.15, 0.2) is 60.8 Å². The third-order valence-electron chi connectivity index (χ3n) is 3.73. The molecule has 0 spiro atoms. The number of aryl methyl sites for hydroxylation is 1. The van der Waals surface area contributed by atoms with E-state index in [1.165, 1.54) is 24.4 Å². The third-order valence-corrected chi connectivity index (χ3v) is 3.73. The first-order valence-electron chi connectivity index (χ1n) is 7.97. The van der Waals surface area contributed by atoms with Crippen molar-refractivity contribution in [2.45, 2.75) is 13.1 Å². The smallest absolute Gasteiger partial charge is 0.324 e. The Bertz CT molecular complexity index is 973. The van der Waals surface area contributed by atoms with Crippen molar-refractivity contribution in [2.75, 3.05) is 10.6 Å². The van der Waals surface area contributed by atoms with Crippen molar-refractivity contribution < 1.29 is 18.0 Å². The molecule has 0 aliphatic carbocycles. The molecule has 0 aliphatic heterocycles. The fourth-order valence-electron chi connectivity index (χ4n) is 2.35. The second kappa shape index (κ2) is 7.45. The average molecular weight is 372 g/mol. The summed E-state index contributed by atoms with van der Waals surface area (Å²) in [4.78, 5) is 20.4. The second-order valence-corrected chi connectivity index (χ2v) is 5.74. The Morgan fingerprint density at radius 3 is 2.56 bits per heavy atom. The van der Waals surface area contributed by atoms with E-state index >= 15 is 0 Å². The van der Waals surface area contributed by atoms with Gasteiger partial charge in [-0.3, -0.25) is 4.79 Å². The molecule has 138 valence electrons. The first kappa shape index (κ1) is 18.4. The van der Waals surface area contributed by atoms with Gasteiger partial charge in [-0.1, -0.05) is 24.3 Å². The minimum absolute atomic E-state index is 0.0201. The number of para-hydroxylation sites is 1. The van der Waals surface area contributed by atoms with Crippen LogP contribution in [0.2, 0.25) is 0 Å². The van der Waals surface area contributed by atoms with Crippen molar-refractivity contribution in [1.82, 2.24) is 9.97 Å². The van der Waals surface area contributed by atoms with Crippen molar-refractivity contribution in [3.63, 3.8) is 0 Å². The van der Waals surface area contributed by atoms with Crippen LogP contribution in [0.4, 0.5) is 30.5 Å². The second-order valence-electron chi connectivity index (χ2n) is 5.74. The molecule has 3 aromatic rings. The molecule has 0 atom stereocenters. The Morgan fingerprint density at radius 1 is 1.04 bits per heavy atom. The molecule has 2 aromatic carbocycles. The molecule has 1 amide bonds. The van der Waals surface area contributed by atoms with Crippen LogP contribution in [0.25, 0.3) is 0 Å². The van der Waals surface area contributed by atoms with Gasteiger partial charge in [0.1, 0.15) is 5.69 Å². The van der Waals surface area contributed by atoms with Gasteiger partial charge < -0.3 is 10.6 Å². The Kier molecular flexibility index (Phi) is 5.07. The molecule has 1 heterocycles. The lowest BCUT2D eigenvalue weighted by atomic mass is 10.2. The Morgan fingerprint density at radius 2 is 1.81 bits per heavy atom. The van der Waals surface area contributed by atoms with Crippen LogP contribution in [-0.2, 0) is 6.18 Å². The van der Waals surface area contributed by atoms with Crippen LogP contribution in [0.3, 0.4) is 0 Å². The molecule has 8 heteroatoms. The van der Waals surface area contributed by atoms with E-state index in [9.17, 15) is 18.0 Å². The molecule has 0 saturated carbocycles. The van der Waals surface area contributed by atoms with E-state index in [-0.39, 0.29) is 17.3 Å². The van der Waals surface area contributed by atoms with Crippen LogP contribution in [0.5, 0.6) is 0 Å². The Labute approximate surface area is 153 Å². The number of aromatic nitrogens is 2. The normalized spacial score (nSPS) is 11.1. The van der Waals surface area contributed by atoms with Gasteiger partial charge in [0.25, 0.3) is 5.91 Å². The van der Waals surface area contributed by atoms with Crippen molar-refractivity contribution in [3.8, 4) is 0 Å². The maximum absolute atomic E-state index is 12.8. The molecular weight excluding hydrogens is 357 g/mol. The monoisotopic (exact) mass is 372 g/mol. The number of nitrogens with zero attached hydrogens (tertiary/aromatic N) is 2. The number of carbonyl (C=O) groups excluding carboxylic acids is 1. The Balaban J connectivity index is 1.78. The molecule has 5 nitrogen and oxygen atoms in total. The molecular formula is C19H15F3N4O. The van der Waals surface area contributed by atoms with Crippen LogP contribution in [0, 0.1) is 6.92 Å². The number of carbonyl (C=O) groups is 1. The summed E-state index contributed by atoms with van der Waals surface area (Å²) < 4.78 is 38.4.